The maximum absolute atomic E-state index is 12.5. The lowest BCUT2D eigenvalue weighted by atomic mass is 10.1. The molecule has 0 bridgehead atoms. The third kappa shape index (κ3) is 4.47. The van der Waals surface area contributed by atoms with Gasteiger partial charge in [0.15, 0.2) is 5.69 Å². The summed E-state index contributed by atoms with van der Waals surface area (Å²) in [6.45, 7) is 2.10. The van der Waals surface area contributed by atoms with Gasteiger partial charge in [-0.2, -0.15) is 18.3 Å². The van der Waals surface area contributed by atoms with Gasteiger partial charge in [-0.1, -0.05) is 29.8 Å². The summed E-state index contributed by atoms with van der Waals surface area (Å²) < 4.78 is 39.9. The minimum Gasteiger partial charge on any atom is -0.292 e. The number of halogens is 3. The van der Waals surface area contributed by atoms with E-state index in [9.17, 15) is 18.0 Å². The highest BCUT2D eigenvalue weighted by molar-refractivity contribution is 5.88. The third-order valence-corrected chi connectivity index (χ3v) is 3.49. The lowest BCUT2D eigenvalue weighted by molar-refractivity contribution is -0.141. The summed E-state index contributed by atoms with van der Waals surface area (Å²) in [6, 6.07) is 8.70. The number of alkyl halides is 3. The van der Waals surface area contributed by atoms with Crippen LogP contribution in [-0.2, 0) is 24.1 Å². The van der Waals surface area contributed by atoms with Crippen molar-refractivity contribution in [1.29, 1.82) is 0 Å². The molecule has 0 atom stereocenters. The number of nitrogens with zero attached hydrogens (tertiary/aromatic N) is 5. The van der Waals surface area contributed by atoms with E-state index in [-0.39, 0.29) is 12.5 Å². The molecule has 2 aromatic heterocycles. The van der Waals surface area contributed by atoms with Gasteiger partial charge >= 0.3 is 6.18 Å². The Morgan fingerprint density at radius 1 is 1.12 bits per heavy atom. The number of rotatable bonds is 5. The molecule has 0 radical (unpaired) electrons. The van der Waals surface area contributed by atoms with E-state index in [1.165, 1.54) is 6.33 Å². The molecule has 1 aromatic carbocycles. The van der Waals surface area contributed by atoms with Crippen LogP contribution in [0.25, 0.3) is 0 Å². The normalized spacial score (nSPS) is 11.5. The summed E-state index contributed by atoms with van der Waals surface area (Å²) in [5.74, 6) is -0.500. The maximum Gasteiger partial charge on any atom is 0.435 e. The molecule has 1 N–H and O–H groups in total. The van der Waals surface area contributed by atoms with E-state index in [1.807, 2.05) is 31.2 Å². The van der Waals surface area contributed by atoms with Crippen molar-refractivity contribution < 1.29 is 18.0 Å². The van der Waals surface area contributed by atoms with Crippen LogP contribution in [0.2, 0.25) is 0 Å². The number of hydrogen-bond donors (Lipinski definition) is 1. The molecular formula is C16H15F3N6O. The molecule has 0 aliphatic carbocycles. The number of carbonyl (C=O) groups excluding carboxylic acids is 1. The molecule has 0 aliphatic heterocycles. The molecule has 7 nitrogen and oxygen atoms in total. The van der Waals surface area contributed by atoms with E-state index < -0.39 is 17.8 Å². The Morgan fingerprint density at radius 2 is 1.85 bits per heavy atom. The van der Waals surface area contributed by atoms with Gasteiger partial charge in [0.25, 0.3) is 0 Å². The second-order valence-electron chi connectivity index (χ2n) is 5.70. The van der Waals surface area contributed by atoms with Crippen molar-refractivity contribution >= 4 is 11.9 Å². The summed E-state index contributed by atoms with van der Waals surface area (Å²) >= 11 is 0. The Balaban J connectivity index is 1.57. The predicted molar refractivity (Wildman–Crippen MR) is 86.2 cm³/mol. The van der Waals surface area contributed by atoms with Gasteiger partial charge in [-0.3, -0.25) is 14.8 Å². The molecule has 0 aliphatic rings. The lowest BCUT2D eigenvalue weighted by Gasteiger charge is -2.03. The van der Waals surface area contributed by atoms with E-state index >= 15 is 0 Å². The molecule has 1 amide bonds. The summed E-state index contributed by atoms with van der Waals surface area (Å²) in [5.41, 5.74) is 1.12. The number of aromatic nitrogens is 5. The van der Waals surface area contributed by atoms with Crippen molar-refractivity contribution in [3.63, 3.8) is 0 Å². The fraction of sp³-hybridized carbons (Fsp3) is 0.250. The third-order valence-electron chi connectivity index (χ3n) is 3.49. The van der Waals surface area contributed by atoms with Gasteiger partial charge in [-0.05, 0) is 18.6 Å². The highest BCUT2D eigenvalue weighted by atomic mass is 19.4. The summed E-state index contributed by atoms with van der Waals surface area (Å²) in [6.07, 6.45) is -1.99. The van der Waals surface area contributed by atoms with E-state index in [0.717, 1.165) is 28.1 Å². The maximum atomic E-state index is 12.5. The van der Waals surface area contributed by atoms with Gasteiger partial charge in [-0.15, -0.1) is 5.10 Å². The largest absolute Gasteiger partial charge is 0.435 e. The first-order valence-corrected chi connectivity index (χ1v) is 7.65. The Morgan fingerprint density at radius 3 is 2.50 bits per heavy atom. The second kappa shape index (κ2) is 6.98. The quantitative estimate of drug-likeness (QED) is 0.755. The van der Waals surface area contributed by atoms with Crippen molar-refractivity contribution in [1.82, 2.24) is 24.5 Å². The zero-order chi connectivity index (χ0) is 18.7. The Labute approximate surface area is 146 Å². The van der Waals surface area contributed by atoms with Crippen molar-refractivity contribution in [2.45, 2.75) is 26.2 Å². The summed E-state index contributed by atoms with van der Waals surface area (Å²) in [7, 11) is 0. The molecule has 0 saturated heterocycles. The van der Waals surface area contributed by atoms with Crippen LogP contribution < -0.4 is 5.32 Å². The Bertz CT molecular complexity index is 897. The number of aryl methyl sites for hydroxylation is 1. The predicted octanol–water partition coefficient (Wildman–Crippen LogP) is 2.49. The molecule has 2 heterocycles. The van der Waals surface area contributed by atoms with E-state index in [1.54, 1.807) is 4.68 Å². The van der Waals surface area contributed by atoms with Crippen LogP contribution >= 0.6 is 0 Å². The van der Waals surface area contributed by atoms with E-state index in [2.05, 4.69) is 20.5 Å². The number of anilines is 1. The van der Waals surface area contributed by atoms with Gasteiger partial charge in [0, 0.05) is 6.20 Å². The van der Waals surface area contributed by atoms with Gasteiger partial charge in [0.2, 0.25) is 11.9 Å². The minimum absolute atomic E-state index is 0.0744. The highest BCUT2D eigenvalue weighted by Gasteiger charge is 2.33. The lowest BCUT2D eigenvalue weighted by Crippen LogP contribution is -2.20. The van der Waals surface area contributed by atoms with Crippen molar-refractivity contribution in [3.05, 3.63) is 59.7 Å². The molecule has 3 aromatic rings. The first kappa shape index (κ1) is 17.6. The molecule has 10 heteroatoms. The number of benzene rings is 1. The fourth-order valence-corrected chi connectivity index (χ4v) is 2.22. The van der Waals surface area contributed by atoms with Gasteiger partial charge in [0.05, 0.1) is 6.54 Å². The van der Waals surface area contributed by atoms with Crippen LogP contribution in [0.15, 0.2) is 42.9 Å². The molecule has 3 rings (SSSR count). The molecule has 0 spiro atoms. The Kier molecular flexibility index (Phi) is 4.74. The smallest absolute Gasteiger partial charge is 0.292 e. The number of hydrogen-bond acceptors (Lipinski definition) is 4. The average Bonchev–Trinajstić information content (AvgIpc) is 3.19. The van der Waals surface area contributed by atoms with E-state index in [0.29, 0.717) is 6.54 Å². The zero-order valence-corrected chi connectivity index (χ0v) is 13.7. The second-order valence-corrected chi connectivity index (χ2v) is 5.70. The average molecular weight is 364 g/mol. The monoisotopic (exact) mass is 364 g/mol. The first-order chi connectivity index (χ1) is 12.3. The highest BCUT2D eigenvalue weighted by Crippen LogP contribution is 2.27. The number of amides is 1. The van der Waals surface area contributed by atoms with Crippen molar-refractivity contribution in [2.75, 3.05) is 5.32 Å². The number of carbonyl (C=O) groups is 1. The molecule has 0 saturated carbocycles. The van der Waals surface area contributed by atoms with Gasteiger partial charge in [-0.25, -0.2) is 9.67 Å². The molecule has 26 heavy (non-hydrogen) atoms. The summed E-state index contributed by atoms with van der Waals surface area (Å²) in [4.78, 5) is 15.9. The standard InChI is InChI=1S/C16H15F3N6O/c1-11-2-4-12(5-3-11)8-25-10-20-15(23-25)21-14(26)9-24-7-6-13(22-24)16(17,18)19/h2-7,10H,8-9H2,1H3,(H,21,23,26). The number of nitrogens with one attached hydrogen (secondary N) is 1. The van der Waals surface area contributed by atoms with Gasteiger partial charge < -0.3 is 0 Å². The molecule has 0 unspecified atom stereocenters. The van der Waals surface area contributed by atoms with Gasteiger partial charge in [0.1, 0.15) is 12.9 Å². The van der Waals surface area contributed by atoms with Crippen LogP contribution in [0.5, 0.6) is 0 Å². The first-order valence-electron chi connectivity index (χ1n) is 7.65. The topological polar surface area (TPSA) is 77.6 Å². The van der Waals surface area contributed by atoms with Crippen molar-refractivity contribution in [2.24, 2.45) is 0 Å². The van der Waals surface area contributed by atoms with Crippen LogP contribution in [0.1, 0.15) is 16.8 Å². The fourth-order valence-electron chi connectivity index (χ4n) is 2.22. The summed E-state index contributed by atoms with van der Waals surface area (Å²) in [5, 5.41) is 9.86. The zero-order valence-electron chi connectivity index (χ0n) is 13.7. The van der Waals surface area contributed by atoms with Crippen LogP contribution in [-0.4, -0.2) is 30.5 Å². The molecule has 0 fully saturated rings. The molecule has 136 valence electrons. The van der Waals surface area contributed by atoms with Crippen LogP contribution in [0, 0.1) is 6.92 Å². The Hall–Kier alpha value is -3.17. The van der Waals surface area contributed by atoms with Crippen molar-refractivity contribution in [3.8, 4) is 0 Å². The SMILES string of the molecule is Cc1ccc(Cn2cnc(NC(=O)Cn3ccc(C(F)(F)F)n3)n2)cc1. The van der Waals surface area contributed by atoms with Crippen LogP contribution in [0.4, 0.5) is 19.1 Å². The minimum atomic E-state index is -4.54. The van der Waals surface area contributed by atoms with E-state index in [4.69, 9.17) is 0 Å². The molecular weight excluding hydrogens is 349 g/mol. The van der Waals surface area contributed by atoms with Crippen LogP contribution in [0.3, 0.4) is 0 Å².